The molecular weight excluding hydrogens is 518 g/mol. The number of anilines is 1. The maximum Gasteiger partial charge on any atom is 0.469 e. The molecule has 3 amide bonds. The third kappa shape index (κ3) is 5.48. The van der Waals surface area contributed by atoms with Crippen molar-refractivity contribution in [1.29, 1.82) is 0 Å². The summed E-state index contributed by atoms with van der Waals surface area (Å²) in [5.74, 6) is -9.96. The van der Waals surface area contributed by atoms with Gasteiger partial charge in [0.25, 0.3) is 5.91 Å². The predicted octanol–water partition coefficient (Wildman–Crippen LogP) is 6.35. The number of carbonyl (C=O) groups is 2. The Bertz CT molecular complexity index is 1290. The van der Waals surface area contributed by atoms with Crippen molar-refractivity contribution in [2.45, 2.75) is 12.0 Å². The largest absolute Gasteiger partial charge is 0.493 e. The Morgan fingerprint density at radius 2 is 1.53 bits per heavy atom. The molecule has 0 fully saturated rings. The normalized spacial score (nSPS) is 11.6. The van der Waals surface area contributed by atoms with E-state index in [0.29, 0.717) is 0 Å². The van der Waals surface area contributed by atoms with Crippen LogP contribution in [-0.4, -0.2) is 25.2 Å². The second kappa shape index (κ2) is 10.4. The SMILES string of the molecule is COc1cc(NC(=O)NC(=O)c2c(F)cccc2F)ccc1OC(F)(F)C(F)(F)c1ccccc1Cl. The highest BCUT2D eigenvalue weighted by Gasteiger charge is 2.61. The van der Waals surface area contributed by atoms with Gasteiger partial charge < -0.3 is 14.8 Å². The molecule has 2 N–H and O–H groups in total. The minimum absolute atomic E-state index is 0.167. The van der Waals surface area contributed by atoms with E-state index in [1.54, 1.807) is 5.32 Å². The topological polar surface area (TPSA) is 76.7 Å². The molecule has 6 nitrogen and oxygen atoms in total. The van der Waals surface area contributed by atoms with Crippen LogP contribution in [0, 0.1) is 11.6 Å². The smallest absolute Gasteiger partial charge is 0.469 e. The highest BCUT2D eigenvalue weighted by atomic mass is 35.5. The number of hydrogen-bond donors (Lipinski definition) is 2. The summed E-state index contributed by atoms with van der Waals surface area (Å²) in [7, 11) is 1.01. The van der Waals surface area contributed by atoms with Crippen molar-refractivity contribution in [2.24, 2.45) is 0 Å². The molecule has 0 aliphatic carbocycles. The first-order valence-electron chi connectivity index (χ1n) is 9.81. The molecule has 190 valence electrons. The Hall–Kier alpha value is -3.93. The number of hydrogen-bond acceptors (Lipinski definition) is 4. The molecule has 3 aromatic rings. The molecule has 3 aromatic carbocycles. The first-order valence-corrected chi connectivity index (χ1v) is 10.2. The number of rotatable bonds is 7. The van der Waals surface area contributed by atoms with E-state index in [-0.39, 0.29) is 5.69 Å². The van der Waals surface area contributed by atoms with Gasteiger partial charge in [-0.25, -0.2) is 13.6 Å². The molecule has 0 spiro atoms. The lowest BCUT2D eigenvalue weighted by Crippen LogP contribution is -2.43. The summed E-state index contributed by atoms with van der Waals surface area (Å²) in [6.45, 7) is 0. The van der Waals surface area contributed by atoms with Crippen LogP contribution in [0.3, 0.4) is 0 Å². The summed E-state index contributed by atoms with van der Waals surface area (Å²) in [5, 5.41) is 3.19. The van der Waals surface area contributed by atoms with Crippen molar-refractivity contribution in [1.82, 2.24) is 5.32 Å². The van der Waals surface area contributed by atoms with Gasteiger partial charge in [0.15, 0.2) is 11.5 Å². The molecule has 0 saturated heterocycles. The van der Waals surface area contributed by atoms with Gasteiger partial charge in [0.05, 0.1) is 17.7 Å². The zero-order valence-electron chi connectivity index (χ0n) is 18.1. The Morgan fingerprint density at radius 3 is 2.14 bits per heavy atom. The van der Waals surface area contributed by atoms with E-state index in [9.17, 15) is 35.9 Å². The first-order chi connectivity index (χ1) is 16.9. The van der Waals surface area contributed by atoms with Crippen molar-refractivity contribution in [3.63, 3.8) is 0 Å². The van der Waals surface area contributed by atoms with Crippen molar-refractivity contribution >= 4 is 29.2 Å². The number of halogens is 7. The summed E-state index contributed by atoms with van der Waals surface area (Å²) >= 11 is 5.63. The molecule has 0 heterocycles. The molecule has 0 atom stereocenters. The van der Waals surface area contributed by atoms with Crippen molar-refractivity contribution in [3.05, 3.63) is 88.4 Å². The summed E-state index contributed by atoms with van der Waals surface area (Å²) in [5.41, 5.74) is -2.34. The number of alkyl halides is 4. The fraction of sp³-hybridized carbons (Fsp3) is 0.130. The predicted molar refractivity (Wildman–Crippen MR) is 117 cm³/mol. The number of ether oxygens (including phenoxy) is 2. The number of urea groups is 1. The second-order valence-corrected chi connectivity index (χ2v) is 7.45. The van der Waals surface area contributed by atoms with Crippen LogP contribution >= 0.6 is 11.6 Å². The van der Waals surface area contributed by atoms with E-state index in [1.807, 2.05) is 0 Å². The molecule has 0 radical (unpaired) electrons. The zero-order chi connectivity index (χ0) is 26.7. The van der Waals surface area contributed by atoms with Gasteiger partial charge >= 0.3 is 18.1 Å². The molecule has 0 bridgehead atoms. The summed E-state index contributed by atoms with van der Waals surface area (Å²) < 4.78 is 94.6. The van der Waals surface area contributed by atoms with Crippen LogP contribution in [0.15, 0.2) is 60.7 Å². The highest BCUT2D eigenvalue weighted by molar-refractivity contribution is 6.31. The van der Waals surface area contributed by atoms with Gasteiger partial charge in [0.2, 0.25) is 0 Å². The monoisotopic (exact) mass is 532 g/mol. The van der Waals surface area contributed by atoms with Gasteiger partial charge in [-0.15, -0.1) is 0 Å². The molecule has 0 aliphatic rings. The van der Waals surface area contributed by atoms with Gasteiger partial charge in [0.1, 0.15) is 17.2 Å². The summed E-state index contributed by atoms with van der Waals surface area (Å²) in [4.78, 5) is 24.1. The lowest BCUT2D eigenvalue weighted by Gasteiger charge is -2.28. The molecule has 0 saturated carbocycles. The van der Waals surface area contributed by atoms with Gasteiger partial charge in [-0.1, -0.05) is 35.9 Å². The lowest BCUT2D eigenvalue weighted by molar-refractivity contribution is -0.316. The van der Waals surface area contributed by atoms with Crippen LogP contribution in [0.5, 0.6) is 11.5 Å². The lowest BCUT2D eigenvalue weighted by atomic mass is 10.1. The Labute approximate surface area is 204 Å². The van der Waals surface area contributed by atoms with Crippen LogP contribution in [0.2, 0.25) is 5.02 Å². The number of benzene rings is 3. The summed E-state index contributed by atoms with van der Waals surface area (Å²) in [6, 6.07) is 8.20. The standard InChI is InChI=1S/C23H15ClF6N2O4/c1-35-18-11-12(31-21(34)32-20(33)19-15(25)7-4-8-16(19)26)9-10-17(18)36-23(29,30)22(27,28)13-5-2-3-6-14(13)24/h2-11H,1H3,(H2,31,32,33,34). The van der Waals surface area contributed by atoms with E-state index in [1.165, 1.54) is 6.07 Å². The summed E-state index contributed by atoms with van der Waals surface area (Å²) in [6.07, 6.45) is -5.08. The molecule has 0 unspecified atom stereocenters. The minimum atomic E-state index is -5.08. The van der Waals surface area contributed by atoms with E-state index < -0.39 is 63.3 Å². The number of carbonyl (C=O) groups excluding carboxylic acids is 2. The van der Waals surface area contributed by atoms with Gasteiger partial charge in [-0.2, -0.15) is 17.6 Å². The van der Waals surface area contributed by atoms with E-state index in [2.05, 4.69) is 10.1 Å². The van der Waals surface area contributed by atoms with Crippen LogP contribution in [0.4, 0.5) is 36.8 Å². The van der Waals surface area contributed by atoms with Crippen LogP contribution in [0.1, 0.15) is 15.9 Å². The average Bonchev–Trinajstić information content (AvgIpc) is 2.79. The quantitative estimate of drug-likeness (QED) is 0.348. The third-order valence-corrected chi connectivity index (χ3v) is 4.98. The van der Waals surface area contributed by atoms with Crippen LogP contribution < -0.4 is 20.1 Å². The molecular formula is C23H15ClF6N2O4. The Morgan fingerprint density at radius 1 is 0.889 bits per heavy atom. The van der Waals surface area contributed by atoms with E-state index >= 15 is 0 Å². The fourth-order valence-corrected chi connectivity index (χ4v) is 3.20. The van der Waals surface area contributed by atoms with Crippen molar-refractivity contribution in [2.75, 3.05) is 12.4 Å². The Kier molecular flexibility index (Phi) is 7.68. The third-order valence-electron chi connectivity index (χ3n) is 4.65. The maximum atomic E-state index is 14.5. The van der Waals surface area contributed by atoms with Gasteiger partial charge in [-0.05, 0) is 30.3 Å². The molecule has 0 aliphatic heterocycles. The van der Waals surface area contributed by atoms with Crippen molar-refractivity contribution < 1.29 is 45.4 Å². The van der Waals surface area contributed by atoms with E-state index in [0.717, 1.165) is 61.7 Å². The van der Waals surface area contributed by atoms with Crippen LogP contribution in [-0.2, 0) is 5.92 Å². The maximum absolute atomic E-state index is 14.5. The minimum Gasteiger partial charge on any atom is -0.493 e. The number of amides is 3. The van der Waals surface area contributed by atoms with Gasteiger partial charge in [-0.3, -0.25) is 10.1 Å². The molecule has 13 heteroatoms. The zero-order valence-corrected chi connectivity index (χ0v) is 18.8. The number of imide groups is 1. The average molecular weight is 533 g/mol. The second-order valence-electron chi connectivity index (χ2n) is 7.04. The number of methoxy groups -OCH3 is 1. The van der Waals surface area contributed by atoms with Gasteiger partial charge in [0, 0.05) is 11.8 Å². The van der Waals surface area contributed by atoms with Crippen molar-refractivity contribution in [3.8, 4) is 11.5 Å². The fourth-order valence-electron chi connectivity index (χ4n) is 2.95. The first kappa shape index (κ1) is 26.7. The highest BCUT2D eigenvalue weighted by Crippen LogP contribution is 2.47. The van der Waals surface area contributed by atoms with Crippen LogP contribution in [0.25, 0.3) is 0 Å². The van der Waals surface area contributed by atoms with E-state index in [4.69, 9.17) is 16.3 Å². The molecule has 3 rings (SSSR count). The molecule has 36 heavy (non-hydrogen) atoms. The Balaban J connectivity index is 1.76. The molecule has 0 aromatic heterocycles. The number of nitrogens with one attached hydrogen (secondary N) is 2.